The molecule has 1 amide bonds. The van der Waals surface area contributed by atoms with Crippen LogP contribution in [0.3, 0.4) is 0 Å². The number of halogens is 3. The van der Waals surface area contributed by atoms with E-state index in [0.717, 1.165) is 25.8 Å². The number of thioether (sulfide) groups is 1. The minimum absolute atomic E-state index is 0.209. The summed E-state index contributed by atoms with van der Waals surface area (Å²) in [5.41, 5.74) is 3.69. The van der Waals surface area contributed by atoms with E-state index in [1.165, 1.54) is 54.1 Å². The van der Waals surface area contributed by atoms with E-state index in [9.17, 15) is 23.2 Å². The molecule has 6 unspecified atom stereocenters. The van der Waals surface area contributed by atoms with E-state index in [-0.39, 0.29) is 17.6 Å². The first-order valence-corrected chi connectivity index (χ1v) is 18.7. The van der Waals surface area contributed by atoms with Crippen LogP contribution in [0.4, 0.5) is 18.0 Å². The highest BCUT2D eigenvalue weighted by Crippen LogP contribution is 2.60. The third-order valence-corrected chi connectivity index (χ3v) is 10.0. The van der Waals surface area contributed by atoms with Gasteiger partial charge in [0.15, 0.2) is 7.85 Å². The first-order chi connectivity index (χ1) is 22.4. The highest BCUT2D eigenvalue weighted by atomic mass is 32.2. The molecule has 3 aliphatic rings. The van der Waals surface area contributed by atoms with Gasteiger partial charge in [0.2, 0.25) is 5.82 Å². The Hall–Kier alpha value is -1.62. The van der Waals surface area contributed by atoms with E-state index in [1.807, 2.05) is 38.9 Å². The number of alkyl halides is 3. The molecule has 12 heteroatoms. The van der Waals surface area contributed by atoms with Crippen LogP contribution in [0.25, 0.3) is 0 Å². The fourth-order valence-corrected chi connectivity index (χ4v) is 7.43. The predicted octanol–water partition coefficient (Wildman–Crippen LogP) is 8.26. The monoisotopic (exact) mass is 693 g/mol. The zero-order valence-corrected chi connectivity index (χ0v) is 31.5. The molecule has 4 radical (unpaired) electrons. The first kappa shape index (κ1) is 44.4. The van der Waals surface area contributed by atoms with Gasteiger partial charge >= 0.3 is 6.09 Å². The van der Waals surface area contributed by atoms with Crippen molar-refractivity contribution in [1.29, 1.82) is 0 Å². The summed E-state index contributed by atoms with van der Waals surface area (Å²) in [5.74, 6) is -0.754. The number of amides is 1. The topological polar surface area (TPSA) is 73.8 Å². The molecule has 0 saturated heterocycles. The Bertz CT molecular complexity index is 1120. The molecule has 0 aliphatic heterocycles. The van der Waals surface area contributed by atoms with Crippen molar-refractivity contribution in [3.8, 4) is 5.75 Å². The molecule has 48 heavy (non-hydrogen) atoms. The van der Waals surface area contributed by atoms with Gasteiger partial charge in [-0.25, -0.2) is 23.4 Å². The number of nitrogens with one attached hydrogen (secondary N) is 2. The van der Waals surface area contributed by atoms with Gasteiger partial charge in [-0.2, -0.15) is 11.8 Å². The highest BCUT2D eigenvalue weighted by Gasteiger charge is 2.54. The Morgan fingerprint density at radius 2 is 1.79 bits per heavy atom. The summed E-state index contributed by atoms with van der Waals surface area (Å²) in [6.07, 6.45) is 9.38. The quantitative estimate of drug-likeness (QED) is 0.0993. The molecule has 6 nitrogen and oxygen atoms in total. The van der Waals surface area contributed by atoms with E-state index in [4.69, 9.17) is 4.74 Å². The van der Waals surface area contributed by atoms with E-state index in [0.29, 0.717) is 42.2 Å². The van der Waals surface area contributed by atoms with Gasteiger partial charge in [0.25, 0.3) is 0 Å². The second-order valence-electron chi connectivity index (χ2n) is 14.2. The zero-order valence-electron chi connectivity index (χ0n) is 30.6. The van der Waals surface area contributed by atoms with E-state index in [2.05, 4.69) is 66.0 Å². The molecule has 1 aromatic carbocycles. The molecule has 270 valence electrons. The Balaban J connectivity index is 0.000000505. The summed E-state index contributed by atoms with van der Waals surface area (Å²) >= 11 is 1.45. The van der Waals surface area contributed by atoms with Crippen molar-refractivity contribution >= 4 is 33.5 Å². The summed E-state index contributed by atoms with van der Waals surface area (Å²) in [5, 5.41) is 12.4. The van der Waals surface area contributed by atoms with Crippen LogP contribution in [0.15, 0.2) is 30.4 Å². The normalized spacial score (nSPS) is 25.2. The number of aryl methyl sites for hydroxylation is 1. The van der Waals surface area contributed by atoms with Crippen LogP contribution >= 0.6 is 11.8 Å². The van der Waals surface area contributed by atoms with Crippen molar-refractivity contribution in [2.24, 2.45) is 17.3 Å². The number of carbonyl (C=O) groups is 1. The number of fused-ring (bicyclic) bond motifs is 5. The van der Waals surface area contributed by atoms with Crippen LogP contribution < -0.4 is 15.5 Å². The lowest BCUT2D eigenvalue weighted by Crippen LogP contribution is -2.47. The number of ether oxygens (including phenoxy) is 1. The van der Waals surface area contributed by atoms with Crippen LogP contribution in [-0.4, -0.2) is 88.5 Å². The van der Waals surface area contributed by atoms with E-state index in [1.54, 1.807) is 6.26 Å². The van der Waals surface area contributed by atoms with Crippen LogP contribution in [0.5, 0.6) is 5.75 Å². The van der Waals surface area contributed by atoms with Gasteiger partial charge in [0.05, 0.1) is 0 Å². The largest absolute Gasteiger partial charge is 0.412 e. The molecular weight excluding hydrogens is 633 g/mol. The lowest BCUT2D eigenvalue weighted by atomic mass is 9.55. The predicted molar refractivity (Wildman–Crippen MR) is 197 cm³/mol. The summed E-state index contributed by atoms with van der Waals surface area (Å²) < 4.78 is 42.7. The van der Waals surface area contributed by atoms with Crippen LogP contribution in [0.2, 0.25) is 0 Å². The van der Waals surface area contributed by atoms with E-state index >= 15 is 0 Å². The van der Waals surface area contributed by atoms with Gasteiger partial charge in [0.1, 0.15) is 19.2 Å². The smallest absolute Gasteiger partial charge is 0.410 e. The van der Waals surface area contributed by atoms with Gasteiger partial charge in [-0.3, -0.25) is 0 Å². The number of benzene rings is 1. The molecule has 1 aromatic rings. The molecule has 0 heterocycles. The van der Waals surface area contributed by atoms with E-state index < -0.39 is 17.8 Å². The Morgan fingerprint density at radius 1 is 1.17 bits per heavy atom. The van der Waals surface area contributed by atoms with Crippen LogP contribution in [-0.2, 0) is 6.42 Å². The van der Waals surface area contributed by atoms with Crippen molar-refractivity contribution in [2.45, 2.75) is 116 Å². The second kappa shape index (κ2) is 20.9. The van der Waals surface area contributed by atoms with Crippen molar-refractivity contribution in [3.63, 3.8) is 0 Å². The number of hydrogen-bond acceptors (Lipinski definition) is 6. The minimum Gasteiger partial charge on any atom is -0.410 e. The van der Waals surface area contributed by atoms with Gasteiger partial charge in [-0.15, -0.1) is 6.58 Å². The Labute approximate surface area is 295 Å². The molecule has 4 rings (SSSR count). The molecule has 3 N–H and O–H groups in total. The molecule has 2 saturated carbocycles. The number of allylic oxidation sites excluding steroid dienone is 1. The third-order valence-electron chi connectivity index (χ3n) is 9.34. The SMILES string of the molecule is C=C(C)C.CCC.CN(C)CCNC(=O)Oc1ccc2c(c1)CCC1C2CCC2(C)C(NO)CCC12.[B]C(F)(F)C([B])(F)CCCSC. The van der Waals surface area contributed by atoms with Gasteiger partial charge in [-0.1, -0.05) is 38.8 Å². The number of hydroxylamine groups is 1. The maximum atomic E-state index is 12.8. The number of likely N-dealkylation sites (N-methyl/N-ethyl adjacent to an activating group) is 1. The maximum Gasteiger partial charge on any atom is 0.412 e. The second-order valence-corrected chi connectivity index (χ2v) is 15.2. The van der Waals surface area contributed by atoms with Gasteiger partial charge in [0, 0.05) is 19.1 Å². The Kier molecular flexibility index (Phi) is 19.3. The molecule has 3 aliphatic carbocycles. The summed E-state index contributed by atoms with van der Waals surface area (Å²) in [6, 6.07) is 6.44. The number of hydrogen-bond donors (Lipinski definition) is 3. The first-order valence-electron chi connectivity index (χ1n) is 17.3. The fraction of sp³-hybridized carbons (Fsp3) is 0.750. The molecule has 2 fully saturated rings. The summed E-state index contributed by atoms with van der Waals surface area (Å²) in [6.45, 7) is 15.5. The van der Waals surface area contributed by atoms with Crippen molar-refractivity contribution in [3.05, 3.63) is 41.5 Å². The molecule has 0 aromatic heterocycles. The molecule has 0 spiro atoms. The Morgan fingerprint density at radius 3 is 2.33 bits per heavy atom. The van der Waals surface area contributed by atoms with Crippen molar-refractivity contribution in [1.82, 2.24) is 15.7 Å². The summed E-state index contributed by atoms with van der Waals surface area (Å²) in [4.78, 5) is 14.1. The standard InChI is InChI=1S/C23H35N3O3.C6H9B2F3S.C4H8.C3H8/c1-23-11-10-18-17-7-5-16(29-22(27)24-12-13-26(2)3)14-15(17)4-6-19(18)20(23)8-9-21(23)25-28;1-12-4-2-3-5(7,9)6(8,10)11;1-4(2)3;1-3-2/h5,7,14,18-21,25,28H,4,6,8-13H2,1-3H3,(H,24,27);2-4H2,1H3;1H2,2-3H3;3H2,1-2H3. The minimum atomic E-state index is -3.95. The van der Waals surface area contributed by atoms with Gasteiger partial charge < -0.3 is 20.2 Å². The average Bonchev–Trinajstić information content (AvgIpc) is 3.33. The lowest BCUT2D eigenvalue weighted by Gasteiger charge is -2.50. The van der Waals surface area contributed by atoms with Crippen LogP contribution in [0.1, 0.15) is 103 Å². The van der Waals surface area contributed by atoms with Crippen molar-refractivity contribution in [2.75, 3.05) is 39.2 Å². The number of nitrogens with zero attached hydrogens (tertiary/aromatic N) is 1. The molecule has 0 bridgehead atoms. The fourth-order valence-electron chi connectivity index (χ4n) is 7.00. The molecular formula is C36H60B2F3N3O3S. The van der Waals surface area contributed by atoms with Gasteiger partial charge in [-0.05, 0) is 138 Å². The van der Waals surface area contributed by atoms with Crippen molar-refractivity contribution < 1.29 is 27.9 Å². The maximum absolute atomic E-state index is 12.8. The van der Waals surface area contributed by atoms with Crippen LogP contribution in [0, 0.1) is 17.3 Å². The molecule has 6 atom stereocenters. The number of carbonyl (C=O) groups excluding carboxylic acids is 1. The zero-order chi connectivity index (χ0) is 36.7. The highest BCUT2D eigenvalue weighted by molar-refractivity contribution is 7.98. The summed E-state index contributed by atoms with van der Waals surface area (Å²) in [7, 11) is 12.9. The average molecular weight is 694 g/mol. The number of rotatable bonds is 10. The lowest BCUT2D eigenvalue weighted by molar-refractivity contribution is -0.0252. The third kappa shape index (κ3) is 13.6.